The van der Waals surface area contributed by atoms with Gasteiger partial charge in [0.05, 0.1) is 12.9 Å². The molecular formula is C18H16N4O6S. The van der Waals surface area contributed by atoms with Crippen LogP contribution in [0.15, 0.2) is 40.6 Å². The van der Waals surface area contributed by atoms with E-state index >= 15 is 0 Å². The maximum atomic E-state index is 12.4. The predicted molar refractivity (Wildman–Crippen MR) is 103 cm³/mol. The Morgan fingerprint density at radius 3 is 2.69 bits per heavy atom. The number of aromatic nitrogens is 2. The maximum absolute atomic E-state index is 12.4. The Bertz CT molecular complexity index is 1030. The largest absolute Gasteiger partial charge is 0.464 e. The zero-order chi connectivity index (χ0) is 20.8. The fraction of sp³-hybridized carbons (Fsp3) is 0.167. The molecule has 29 heavy (non-hydrogen) atoms. The van der Waals surface area contributed by atoms with Gasteiger partial charge in [0.1, 0.15) is 16.3 Å². The molecule has 1 amide bonds. The number of esters is 2. The lowest BCUT2D eigenvalue weighted by Gasteiger charge is -2.08. The summed E-state index contributed by atoms with van der Waals surface area (Å²) in [6.45, 7) is 1.23. The number of ether oxygens (including phenoxy) is 2. The molecule has 3 heterocycles. The second-order valence-electron chi connectivity index (χ2n) is 5.47. The number of anilines is 2. The summed E-state index contributed by atoms with van der Waals surface area (Å²) in [6, 6.07) is 3.36. The van der Waals surface area contributed by atoms with E-state index in [2.05, 4.69) is 15.3 Å². The molecular weight excluding hydrogens is 400 g/mol. The number of nitrogens with two attached hydrogens (primary N) is 1. The lowest BCUT2D eigenvalue weighted by molar-refractivity contribution is -0.119. The third-order valence-electron chi connectivity index (χ3n) is 3.56. The molecule has 0 saturated carbocycles. The summed E-state index contributed by atoms with van der Waals surface area (Å²) in [5.74, 6) is -1.81. The molecule has 3 rings (SSSR count). The van der Waals surface area contributed by atoms with Crippen molar-refractivity contribution >= 4 is 40.0 Å². The Balaban J connectivity index is 1.72. The Morgan fingerprint density at radius 2 is 2.00 bits per heavy atom. The van der Waals surface area contributed by atoms with Gasteiger partial charge in [0.25, 0.3) is 5.91 Å². The quantitative estimate of drug-likeness (QED) is 0.554. The summed E-state index contributed by atoms with van der Waals surface area (Å²) >= 11 is 1.11. The van der Waals surface area contributed by atoms with Crippen LogP contribution in [0.25, 0.3) is 11.3 Å². The molecule has 0 fully saturated rings. The van der Waals surface area contributed by atoms with E-state index in [1.165, 1.54) is 18.7 Å². The van der Waals surface area contributed by atoms with Crippen LogP contribution < -0.4 is 11.1 Å². The Kier molecular flexibility index (Phi) is 6.19. The van der Waals surface area contributed by atoms with Gasteiger partial charge in [-0.15, -0.1) is 11.3 Å². The van der Waals surface area contributed by atoms with Crippen molar-refractivity contribution in [1.82, 2.24) is 9.97 Å². The monoisotopic (exact) mass is 416 g/mol. The lowest BCUT2D eigenvalue weighted by atomic mass is 10.1. The summed E-state index contributed by atoms with van der Waals surface area (Å²) in [5, 5.41) is 4.45. The van der Waals surface area contributed by atoms with Crippen molar-refractivity contribution in [3.8, 4) is 11.3 Å². The van der Waals surface area contributed by atoms with Gasteiger partial charge in [-0.2, -0.15) is 0 Å². The van der Waals surface area contributed by atoms with Crippen LogP contribution in [0.3, 0.4) is 0 Å². The van der Waals surface area contributed by atoms with Gasteiger partial charge < -0.3 is 24.9 Å². The minimum atomic E-state index is -0.890. The van der Waals surface area contributed by atoms with Crippen molar-refractivity contribution in [2.45, 2.75) is 6.92 Å². The van der Waals surface area contributed by atoms with Crippen LogP contribution in [-0.2, 0) is 14.3 Å². The van der Waals surface area contributed by atoms with E-state index in [0.717, 1.165) is 11.3 Å². The summed E-state index contributed by atoms with van der Waals surface area (Å²) in [5.41, 5.74) is 6.00. The zero-order valence-corrected chi connectivity index (χ0v) is 16.0. The van der Waals surface area contributed by atoms with Gasteiger partial charge in [0, 0.05) is 23.3 Å². The third-order valence-corrected chi connectivity index (χ3v) is 4.46. The van der Waals surface area contributed by atoms with E-state index in [4.69, 9.17) is 19.6 Å². The highest BCUT2D eigenvalue weighted by Gasteiger charge is 2.24. The van der Waals surface area contributed by atoms with Gasteiger partial charge in [-0.25, -0.2) is 19.6 Å². The van der Waals surface area contributed by atoms with Crippen molar-refractivity contribution in [3.05, 3.63) is 47.4 Å². The first-order chi connectivity index (χ1) is 14.0. The molecule has 10 nitrogen and oxygen atoms in total. The van der Waals surface area contributed by atoms with Gasteiger partial charge in [-0.3, -0.25) is 4.79 Å². The van der Waals surface area contributed by atoms with Crippen molar-refractivity contribution in [2.75, 3.05) is 24.3 Å². The minimum absolute atomic E-state index is 0.108. The summed E-state index contributed by atoms with van der Waals surface area (Å²) in [7, 11) is 0. The zero-order valence-electron chi connectivity index (χ0n) is 15.2. The molecule has 0 unspecified atom stereocenters. The molecule has 3 N–H and O–H groups in total. The standard InChI is InChI=1S/C18H16N4O6S/c1-2-26-17(24)13-10(11-4-3-7-27-11)9-29-16(13)22-12(23)8-28-18(25)14-15(19)21-6-5-20-14/h3-7,9H,2,8H2,1H3,(H2,19,21)(H,22,23). The van der Waals surface area contributed by atoms with E-state index < -0.39 is 24.5 Å². The van der Waals surface area contributed by atoms with E-state index in [1.54, 1.807) is 24.4 Å². The fourth-order valence-corrected chi connectivity index (χ4v) is 3.29. The average molecular weight is 416 g/mol. The van der Waals surface area contributed by atoms with Gasteiger partial charge >= 0.3 is 11.9 Å². The average Bonchev–Trinajstić information content (AvgIpc) is 3.36. The molecule has 0 aromatic carbocycles. The fourth-order valence-electron chi connectivity index (χ4n) is 2.34. The predicted octanol–water partition coefficient (Wildman–Crippen LogP) is 2.35. The van der Waals surface area contributed by atoms with Crippen molar-refractivity contribution in [1.29, 1.82) is 0 Å². The number of nitrogens with one attached hydrogen (secondary N) is 1. The number of furan rings is 1. The van der Waals surface area contributed by atoms with Gasteiger partial charge in [-0.1, -0.05) is 0 Å². The van der Waals surface area contributed by atoms with E-state index in [-0.39, 0.29) is 28.7 Å². The number of hydrogen-bond donors (Lipinski definition) is 2. The minimum Gasteiger partial charge on any atom is -0.464 e. The van der Waals surface area contributed by atoms with Crippen molar-refractivity contribution in [2.24, 2.45) is 0 Å². The number of carbonyl (C=O) groups excluding carboxylic acids is 3. The van der Waals surface area contributed by atoms with Crippen molar-refractivity contribution in [3.63, 3.8) is 0 Å². The summed E-state index contributed by atoms with van der Waals surface area (Å²) in [4.78, 5) is 44.1. The smallest absolute Gasteiger partial charge is 0.361 e. The van der Waals surface area contributed by atoms with Gasteiger partial charge in [-0.05, 0) is 19.1 Å². The van der Waals surface area contributed by atoms with Crippen LogP contribution >= 0.6 is 11.3 Å². The summed E-state index contributed by atoms with van der Waals surface area (Å²) in [6.07, 6.45) is 4.07. The third kappa shape index (κ3) is 4.58. The highest BCUT2D eigenvalue weighted by atomic mass is 32.1. The highest BCUT2D eigenvalue weighted by molar-refractivity contribution is 7.15. The Hall–Kier alpha value is -3.73. The van der Waals surface area contributed by atoms with E-state index in [0.29, 0.717) is 11.3 Å². The Labute approximate surface area is 168 Å². The number of hydrogen-bond acceptors (Lipinski definition) is 10. The number of rotatable bonds is 7. The second-order valence-corrected chi connectivity index (χ2v) is 6.35. The van der Waals surface area contributed by atoms with E-state index in [9.17, 15) is 14.4 Å². The van der Waals surface area contributed by atoms with Crippen LogP contribution in [-0.4, -0.2) is 41.0 Å². The SMILES string of the molecule is CCOC(=O)c1c(-c2ccco2)csc1NC(=O)COC(=O)c1nccnc1N. The topological polar surface area (TPSA) is 147 Å². The van der Waals surface area contributed by atoms with Gasteiger partial charge in [0.15, 0.2) is 18.1 Å². The molecule has 0 atom stereocenters. The number of nitrogen functional groups attached to an aromatic ring is 1. The Morgan fingerprint density at radius 1 is 1.21 bits per heavy atom. The summed E-state index contributed by atoms with van der Waals surface area (Å²) < 4.78 is 15.3. The van der Waals surface area contributed by atoms with Crippen LogP contribution in [0.5, 0.6) is 0 Å². The molecule has 0 aliphatic carbocycles. The maximum Gasteiger partial charge on any atom is 0.361 e. The van der Waals surface area contributed by atoms with Crippen LogP contribution in [0.4, 0.5) is 10.8 Å². The molecule has 0 saturated heterocycles. The molecule has 150 valence electrons. The first-order valence-corrected chi connectivity index (χ1v) is 9.25. The van der Waals surface area contributed by atoms with Gasteiger partial charge in [0.2, 0.25) is 0 Å². The van der Waals surface area contributed by atoms with Crippen LogP contribution in [0.1, 0.15) is 27.8 Å². The highest BCUT2D eigenvalue weighted by Crippen LogP contribution is 2.36. The number of thiophene rings is 1. The molecule has 0 radical (unpaired) electrons. The molecule has 0 aliphatic rings. The van der Waals surface area contributed by atoms with Crippen molar-refractivity contribution < 1.29 is 28.3 Å². The molecule has 3 aromatic heterocycles. The molecule has 3 aromatic rings. The number of amides is 1. The van der Waals surface area contributed by atoms with Crippen LogP contribution in [0, 0.1) is 0 Å². The molecule has 0 spiro atoms. The first-order valence-electron chi connectivity index (χ1n) is 8.37. The van der Waals surface area contributed by atoms with E-state index in [1.807, 2.05) is 0 Å². The molecule has 0 bridgehead atoms. The van der Waals surface area contributed by atoms with Crippen LogP contribution in [0.2, 0.25) is 0 Å². The number of carbonyl (C=O) groups is 3. The lowest BCUT2D eigenvalue weighted by Crippen LogP contribution is -2.22. The second kappa shape index (κ2) is 8.97. The molecule has 11 heteroatoms. The normalized spacial score (nSPS) is 10.4. The number of nitrogens with zero attached hydrogens (tertiary/aromatic N) is 2. The first kappa shape index (κ1) is 20.0. The molecule has 0 aliphatic heterocycles.